The molecule has 178 valence electrons. The number of nitrogens with two attached hydrogens (primary N) is 1. The second kappa shape index (κ2) is 14.7. The van der Waals surface area contributed by atoms with Crippen LogP contribution in [0.1, 0.15) is 12.0 Å². The third kappa shape index (κ3) is 9.47. The van der Waals surface area contributed by atoms with Gasteiger partial charge in [0.1, 0.15) is 18.1 Å². The SMILES string of the molecule is CSCCC(NC(=O)C(CO)NC(=O)C(Cc1ccccc1)NC(=O)C(N)CS)C(=O)O. The van der Waals surface area contributed by atoms with E-state index in [1.165, 1.54) is 11.8 Å². The summed E-state index contributed by atoms with van der Waals surface area (Å²) < 4.78 is 0. The van der Waals surface area contributed by atoms with E-state index in [4.69, 9.17) is 5.73 Å². The number of thioether (sulfide) groups is 1. The summed E-state index contributed by atoms with van der Waals surface area (Å²) in [4.78, 5) is 48.9. The lowest BCUT2D eigenvalue weighted by atomic mass is 10.0. The fourth-order valence-corrected chi connectivity index (χ4v) is 3.29. The van der Waals surface area contributed by atoms with Crippen molar-refractivity contribution in [2.75, 3.05) is 24.4 Å². The van der Waals surface area contributed by atoms with E-state index in [0.29, 0.717) is 5.75 Å². The molecule has 10 nitrogen and oxygen atoms in total. The van der Waals surface area contributed by atoms with Gasteiger partial charge in [0.05, 0.1) is 12.6 Å². The number of carboxylic acid groups (broad SMARTS) is 1. The molecule has 0 heterocycles. The summed E-state index contributed by atoms with van der Waals surface area (Å²) in [5.41, 5.74) is 6.43. The van der Waals surface area contributed by atoms with Crippen molar-refractivity contribution in [3.05, 3.63) is 35.9 Å². The molecule has 0 aliphatic rings. The van der Waals surface area contributed by atoms with Gasteiger partial charge in [-0.1, -0.05) is 30.3 Å². The normalized spacial score (nSPS) is 14.5. The van der Waals surface area contributed by atoms with Crippen molar-refractivity contribution < 1.29 is 29.4 Å². The topological polar surface area (TPSA) is 171 Å². The molecule has 32 heavy (non-hydrogen) atoms. The average molecular weight is 487 g/mol. The Morgan fingerprint density at radius 3 is 2.09 bits per heavy atom. The fraction of sp³-hybridized carbons (Fsp3) is 0.500. The Morgan fingerprint density at radius 2 is 1.56 bits per heavy atom. The Hall–Kier alpha value is -2.28. The Balaban J connectivity index is 2.92. The van der Waals surface area contributed by atoms with Gasteiger partial charge in [0, 0.05) is 12.2 Å². The van der Waals surface area contributed by atoms with E-state index in [2.05, 4.69) is 28.6 Å². The molecule has 1 aromatic carbocycles. The number of rotatable bonds is 14. The highest BCUT2D eigenvalue weighted by molar-refractivity contribution is 7.98. The maximum absolute atomic E-state index is 12.9. The Bertz CT molecular complexity index is 768. The van der Waals surface area contributed by atoms with Gasteiger partial charge in [-0.15, -0.1) is 0 Å². The lowest BCUT2D eigenvalue weighted by Crippen LogP contribution is -2.58. The zero-order valence-corrected chi connectivity index (χ0v) is 19.4. The van der Waals surface area contributed by atoms with Crippen LogP contribution in [0.25, 0.3) is 0 Å². The first-order valence-corrected chi connectivity index (χ1v) is 11.9. The molecule has 3 amide bonds. The lowest BCUT2D eigenvalue weighted by Gasteiger charge is -2.24. The molecule has 0 aliphatic heterocycles. The smallest absolute Gasteiger partial charge is 0.326 e. The number of aliphatic hydroxyl groups excluding tert-OH is 1. The standard InChI is InChI=1S/C20H30N4O6S2/c1-32-8-7-14(20(29)30)22-19(28)16(10-25)24-18(27)15(23-17(26)13(21)11-31)9-12-5-3-2-4-6-12/h2-6,13-16,25,31H,7-11,21H2,1H3,(H,22,28)(H,23,26)(H,24,27)(H,29,30). The highest BCUT2D eigenvalue weighted by Gasteiger charge is 2.30. The van der Waals surface area contributed by atoms with Gasteiger partial charge in [0.2, 0.25) is 17.7 Å². The van der Waals surface area contributed by atoms with Gasteiger partial charge in [-0.25, -0.2) is 4.79 Å². The Kier molecular flexibility index (Phi) is 12.8. The largest absolute Gasteiger partial charge is 0.480 e. The van der Waals surface area contributed by atoms with E-state index in [1.54, 1.807) is 36.6 Å². The fourth-order valence-electron chi connectivity index (χ4n) is 2.65. The number of amides is 3. The molecule has 0 radical (unpaired) electrons. The number of hydrogen-bond acceptors (Lipinski definition) is 8. The predicted octanol–water partition coefficient (Wildman–Crippen LogP) is -1.23. The van der Waals surface area contributed by atoms with Gasteiger partial charge in [0.15, 0.2) is 0 Å². The highest BCUT2D eigenvalue weighted by atomic mass is 32.2. The molecule has 0 bridgehead atoms. The molecule has 4 unspecified atom stereocenters. The maximum atomic E-state index is 12.9. The van der Waals surface area contributed by atoms with Crippen molar-refractivity contribution in [1.82, 2.24) is 16.0 Å². The third-order valence-electron chi connectivity index (χ3n) is 4.49. The number of nitrogens with one attached hydrogen (secondary N) is 3. The van der Waals surface area contributed by atoms with E-state index >= 15 is 0 Å². The van der Waals surface area contributed by atoms with E-state index < -0.39 is 54.5 Å². The van der Waals surface area contributed by atoms with Crippen molar-refractivity contribution in [3.63, 3.8) is 0 Å². The molecule has 0 aromatic heterocycles. The number of benzene rings is 1. The molecule has 1 aromatic rings. The van der Waals surface area contributed by atoms with Gasteiger partial charge < -0.3 is 31.9 Å². The number of hydrogen-bond donors (Lipinski definition) is 7. The van der Waals surface area contributed by atoms with Crippen LogP contribution < -0.4 is 21.7 Å². The average Bonchev–Trinajstić information content (AvgIpc) is 2.79. The van der Waals surface area contributed by atoms with Crippen molar-refractivity contribution in [2.45, 2.75) is 37.0 Å². The van der Waals surface area contributed by atoms with Crippen LogP contribution in [0, 0.1) is 0 Å². The van der Waals surface area contributed by atoms with Crippen molar-refractivity contribution in [1.29, 1.82) is 0 Å². The third-order valence-corrected chi connectivity index (χ3v) is 5.53. The quantitative estimate of drug-likeness (QED) is 0.160. The number of aliphatic hydroxyl groups is 1. The first-order valence-electron chi connectivity index (χ1n) is 9.87. The molecule has 4 atom stereocenters. The van der Waals surface area contributed by atoms with Gasteiger partial charge >= 0.3 is 5.97 Å². The first-order chi connectivity index (χ1) is 15.2. The second-order valence-corrected chi connectivity index (χ2v) is 8.32. The summed E-state index contributed by atoms with van der Waals surface area (Å²) in [5, 5.41) is 26.1. The summed E-state index contributed by atoms with van der Waals surface area (Å²) >= 11 is 5.40. The van der Waals surface area contributed by atoms with Crippen LogP contribution in [-0.2, 0) is 25.6 Å². The van der Waals surface area contributed by atoms with Crippen LogP contribution in [0.15, 0.2) is 30.3 Å². The molecule has 0 saturated heterocycles. The van der Waals surface area contributed by atoms with Gasteiger partial charge in [-0.3, -0.25) is 14.4 Å². The van der Waals surface area contributed by atoms with E-state index in [1.807, 2.05) is 0 Å². The van der Waals surface area contributed by atoms with Gasteiger partial charge in [-0.05, 0) is 24.0 Å². The monoisotopic (exact) mass is 486 g/mol. The Morgan fingerprint density at radius 1 is 1.00 bits per heavy atom. The summed E-state index contributed by atoms with van der Waals surface area (Å²) in [7, 11) is 0. The summed E-state index contributed by atoms with van der Waals surface area (Å²) in [6.45, 7) is -0.755. The lowest BCUT2D eigenvalue weighted by molar-refractivity contribution is -0.142. The zero-order chi connectivity index (χ0) is 24.1. The van der Waals surface area contributed by atoms with Crippen LogP contribution in [-0.4, -0.2) is 82.4 Å². The zero-order valence-electron chi connectivity index (χ0n) is 17.7. The number of carboxylic acids is 1. The van der Waals surface area contributed by atoms with E-state index in [-0.39, 0.29) is 18.6 Å². The molecule has 0 fully saturated rings. The molecule has 0 aliphatic carbocycles. The number of aliphatic carboxylic acids is 1. The Labute approximate surface area is 196 Å². The van der Waals surface area contributed by atoms with Gasteiger partial charge in [-0.2, -0.15) is 24.4 Å². The molecule has 0 saturated carbocycles. The molecular weight excluding hydrogens is 456 g/mol. The maximum Gasteiger partial charge on any atom is 0.326 e. The summed E-state index contributed by atoms with van der Waals surface area (Å²) in [6.07, 6.45) is 2.10. The van der Waals surface area contributed by atoms with Crippen LogP contribution in [0.3, 0.4) is 0 Å². The van der Waals surface area contributed by atoms with Crippen LogP contribution in [0.5, 0.6) is 0 Å². The van der Waals surface area contributed by atoms with Crippen LogP contribution >= 0.6 is 24.4 Å². The van der Waals surface area contributed by atoms with E-state index in [0.717, 1.165) is 5.56 Å². The summed E-state index contributed by atoms with van der Waals surface area (Å²) in [6, 6.07) is 4.32. The minimum absolute atomic E-state index is 0.0692. The number of thiol groups is 1. The van der Waals surface area contributed by atoms with Crippen molar-refractivity contribution >= 4 is 48.1 Å². The molecule has 7 N–H and O–H groups in total. The second-order valence-electron chi connectivity index (χ2n) is 6.96. The minimum Gasteiger partial charge on any atom is -0.480 e. The van der Waals surface area contributed by atoms with Crippen molar-refractivity contribution in [3.8, 4) is 0 Å². The number of carbonyl (C=O) groups excluding carboxylic acids is 3. The summed E-state index contributed by atoms with van der Waals surface area (Å²) in [5.74, 6) is -2.80. The molecule has 0 spiro atoms. The molecular formula is C20H30N4O6S2. The number of carbonyl (C=O) groups is 4. The van der Waals surface area contributed by atoms with Crippen LogP contribution in [0.4, 0.5) is 0 Å². The van der Waals surface area contributed by atoms with Crippen LogP contribution in [0.2, 0.25) is 0 Å². The molecule has 1 rings (SSSR count). The first kappa shape index (κ1) is 27.8. The van der Waals surface area contributed by atoms with Crippen molar-refractivity contribution in [2.24, 2.45) is 5.73 Å². The van der Waals surface area contributed by atoms with Gasteiger partial charge in [0.25, 0.3) is 0 Å². The predicted molar refractivity (Wildman–Crippen MR) is 125 cm³/mol. The highest BCUT2D eigenvalue weighted by Crippen LogP contribution is 2.05. The molecule has 12 heteroatoms. The minimum atomic E-state index is -1.40. The van der Waals surface area contributed by atoms with E-state index in [9.17, 15) is 29.4 Å².